The van der Waals surface area contributed by atoms with Crippen molar-refractivity contribution in [2.24, 2.45) is 0 Å². The third kappa shape index (κ3) is 2.92. The highest BCUT2D eigenvalue weighted by molar-refractivity contribution is 5.38. The van der Waals surface area contributed by atoms with Gasteiger partial charge in [-0.1, -0.05) is 72.8 Å². The number of hydrogen-bond donors (Lipinski definition) is 1. The Balaban J connectivity index is 2.08. The van der Waals surface area contributed by atoms with Crippen molar-refractivity contribution in [3.8, 4) is 0 Å². The standard InChI is InChI=1S/C20H17FO/c21-19-13-7-8-16(14-19)15-20(22,17-9-3-1-4-10-17)18-11-5-2-6-12-18/h1-14,22H,15H2. The van der Waals surface area contributed by atoms with Crippen LogP contribution in [-0.2, 0) is 12.0 Å². The van der Waals surface area contributed by atoms with Crippen LogP contribution in [0.15, 0.2) is 84.9 Å². The second-order valence-electron chi connectivity index (χ2n) is 5.40. The van der Waals surface area contributed by atoms with Gasteiger partial charge in [0.15, 0.2) is 0 Å². The lowest BCUT2D eigenvalue weighted by atomic mass is 9.81. The average molecular weight is 292 g/mol. The lowest BCUT2D eigenvalue weighted by Crippen LogP contribution is -2.30. The van der Waals surface area contributed by atoms with Crippen LogP contribution in [0.5, 0.6) is 0 Å². The van der Waals surface area contributed by atoms with E-state index in [-0.39, 0.29) is 5.82 Å². The minimum atomic E-state index is -1.18. The number of halogens is 1. The van der Waals surface area contributed by atoms with Gasteiger partial charge >= 0.3 is 0 Å². The van der Waals surface area contributed by atoms with Crippen molar-refractivity contribution < 1.29 is 9.50 Å². The van der Waals surface area contributed by atoms with Gasteiger partial charge in [0.25, 0.3) is 0 Å². The summed E-state index contributed by atoms with van der Waals surface area (Å²) >= 11 is 0. The molecule has 0 unspecified atom stereocenters. The number of aliphatic hydroxyl groups is 1. The smallest absolute Gasteiger partial charge is 0.123 e. The van der Waals surface area contributed by atoms with Gasteiger partial charge in [0.05, 0.1) is 0 Å². The molecule has 1 nitrogen and oxygen atoms in total. The maximum Gasteiger partial charge on any atom is 0.123 e. The summed E-state index contributed by atoms with van der Waals surface area (Å²) in [4.78, 5) is 0. The molecule has 0 aliphatic carbocycles. The predicted octanol–water partition coefficient (Wildman–Crippen LogP) is 4.30. The Labute approximate surface area is 129 Å². The van der Waals surface area contributed by atoms with E-state index in [2.05, 4.69) is 0 Å². The zero-order valence-electron chi connectivity index (χ0n) is 12.1. The fourth-order valence-electron chi connectivity index (χ4n) is 2.74. The van der Waals surface area contributed by atoms with Crippen LogP contribution in [0.1, 0.15) is 16.7 Å². The van der Waals surface area contributed by atoms with E-state index in [0.717, 1.165) is 16.7 Å². The molecule has 0 fully saturated rings. The second-order valence-corrected chi connectivity index (χ2v) is 5.40. The van der Waals surface area contributed by atoms with Crippen molar-refractivity contribution in [3.63, 3.8) is 0 Å². The summed E-state index contributed by atoms with van der Waals surface area (Å²) in [6, 6.07) is 25.4. The van der Waals surface area contributed by atoms with E-state index in [1.807, 2.05) is 66.7 Å². The Morgan fingerprint density at radius 3 is 1.77 bits per heavy atom. The van der Waals surface area contributed by atoms with E-state index in [1.54, 1.807) is 6.07 Å². The molecule has 0 radical (unpaired) electrons. The van der Waals surface area contributed by atoms with Crippen molar-refractivity contribution in [2.45, 2.75) is 12.0 Å². The Hall–Kier alpha value is -2.45. The largest absolute Gasteiger partial charge is 0.380 e. The number of benzene rings is 3. The lowest BCUT2D eigenvalue weighted by molar-refractivity contribution is 0.0811. The molecule has 22 heavy (non-hydrogen) atoms. The first-order valence-corrected chi connectivity index (χ1v) is 7.26. The fourth-order valence-corrected chi connectivity index (χ4v) is 2.74. The molecule has 0 aliphatic heterocycles. The molecule has 0 amide bonds. The molecule has 3 aromatic carbocycles. The summed E-state index contributed by atoms with van der Waals surface area (Å²) in [5.41, 5.74) is 1.17. The van der Waals surface area contributed by atoms with Crippen molar-refractivity contribution in [1.29, 1.82) is 0 Å². The first-order chi connectivity index (χ1) is 10.7. The van der Waals surface area contributed by atoms with Gasteiger partial charge in [-0.3, -0.25) is 0 Å². The SMILES string of the molecule is OC(Cc1cccc(F)c1)(c1ccccc1)c1ccccc1. The molecule has 0 spiro atoms. The van der Waals surface area contributed by atoms with E-state index in [9.17, 15) is 9.50 Å². The molecule has 0 heterocycles. The van der Waals surface area contributed by atoms with Crippen LogP contribution in [0.25, 0.3) is 0 Å². The highest BCUT2D eigenvalue weighted by atomic mass is 19.1. The first-order valence-electron chi connectivity index (χ1n) is 7.26. The van der Waals surface area contributed by atoms with Crippen molar-refractivity contribution >= 4 is 0 Å². The Bertz CT molecular complexity index is 698. The molecule has 2 heteroatoms. The Morgan fingerprint density at radius 1 is 0.727 bits per heavy atom. The predicted molar refractivity (Wildman–Crippen MR) is 86.0 cm³/mol. The highest BCUT2D eigenvalue weighted by Gasteiger charge is 2.31. The molecule has 0 aliphatic rings. The summed E-state index contributed by atoms with van der Waals surface area (Å²) in [6.45, 7) is 0. The minimum absolute atomic E-state index is 0.291. The molecule has 0 atom stereocenters. The summed E-state index contributed by atoms with van der Waals surface area (Å²) < 4.78 is 13.5. The zero-order valence-corrected chi connectivity index (χ0v) is 12.1. The Kier molecular flexibility index (Phi) is 4.03. The quantitative estimate of drug-likeness (QED) is 0.760. The molecule has 0 bridgehead atoms. The van der Waals surface area contributed by atoms with E-state index in [0.29, 0.717) is 6.42 Å². The maximum atomic E-state index is 13.5. The summed E-state index contributed by atoms with van der Waals surface area (Å²) in [7, 11) is 0. The van der Waals surface area contributed by atoms with Crippen LogP contribution in [0.2, 0.25) is 0 Å². The topological polar surface area (TPSA) is 20.2 Å². The van der Waals surface area contributed by atoms with Crippen molar-refractivity contribution in [3.05, 3.63) is 107 Å². The third-order valence-corrected chi connectivity index (χ3v) is 3.85. The zero-order chi connectivity index (χ0) is 15.4. The number of rotatable bonds is 4. The van der Waals surface area contributed by atoms with E-state index in [4.69, 9.17) is 0 Å². The molecular weight excluding hydrogens is 275 g/mol. The summed E-state index contributed by atoms with van der Waals surface area (Å²) in [6.07, 6.45) is 0.318. The van der Waals surface area contributed by atoms with Gasteiger partial charge in [-0.2, -0.15) is 0 Å². The van der Waals surface area contributed by atoms with E-state index < -0.39 is 5.60 Å². The molecule has 0 saturated carbocycles. The number of hydrogen-bond acceptors (Lipinski definition) is 1. The molecule has 1 N–H and O–H groups in total. The van der Waals surface area contributed by atoms with Crippen LogP contribution < -0.4 is 0 Å². The van der Waals surface area contributed by atoms with Crippen molar-refractivity contribution in [1.82, 2.24) is 0 Å². The van der Waals surface area contributed by atoms with Gasteiger partial charge in [-0.25, -0.2) is 4.39 Å². The van der Waals surface area contributed by atoms with Crippen LogP contribution in [0.3, 0.4) is 0 Å². The molecule has 0 saturated heterocycles. The highest BCUT2D eigenvalue weighted by Crippen LogP contribution is 2.33. The normalized spacial score (nSPS) is 11.4. The minimum Gasteiger partial charge on any atom is -0.380 e. The molecular formula is C20H17FO. The van der Waals surface area contributed by atoms with Crippen LogP contribution in [0.4, 0.5) is 4.39 Å². The fraction of sp³-hybridized carbons (Fsp3) is 0.100. The first kappa shape index (κ1) is 14.5. The van der Waals surface area contributed by atoms with Gasteiger partial charge in [0.2, 0.25) is 0 Å². The van der Waals surface area contributed by atoms with Crippen molar-refractivity contribution in [2.75, 3.05) is 0 Å². The monoisotopic (exact) mass is 292 g/mol. The van der Waals surface area contributed by atoms with Crippen LogP contribution in [0, 0.1) is 5.82 Å². The van der Waals surface area contributed by atoms with E-state index in [1.165, 1.54) is 12.1 Å². The summed E-state index contributed by atoms with van der Waals surface area (Å²) in [5, 5.41) is 11.4. The van der Waals surface area contributed by atoms with Gasteiger partial charge in [0.1, 0.15) is 11.4 Å². The van der Waals surface area contributed by atoms with Gasteiger partial charge < -0.3 is 5.11 Å². The molecule has 0 aromatic heterocycles. The molecule has 3 rings (SSSR count). The second kappa shape index (κ2) is 6.12. The van der Waals surface area contributed by atoms with Crippen LogP contribution in [-0.4, -0.2) is 5.11 Å². The third-order valence-electron chi connectivity index (χ3n) is 3.85. The van der Waals surface area contributed by atoms with Gasteiger partial charge in [-0.05, 0) is 28.8 Å². The summed E-state index contributed by atoms with van der Waals surface area (Å²) in [5.74, 6) is -0.291. The van der Waals surface area contributed by atoms with Gasteiger partial charge in [-0.15, -0.1) is 0 Å². The maximum absolute atomic E-state index is 13.5. The molecule has 110 valence electrons. The Morgan fingerprint density at radius 2 is 1.27 bits per heavy atom. The molecule has 3 aromatic rings. The van der Waals surface area contributed by atoms with Gasteiger partial charge in [0, 0.05) is 6.42 Å². The average Bonchev–Trinajstić information content (AvgIpc) is 2.56. The lowest BCUT2D eigenvalue weighted by Gasteiger charge is -2.29. The van der Waals surface area contributed by atoms with E-state index >= 15 is 0 Å². The van der Waals surface area contributed by atoms with Crippen LogP contribution >= 0.6 is 0 Å².